The SMILES string of the molecule is Cl.NC1CCC(NC(=O)c2ccc(S(=O)(=O)N3CCNC(=O)C3)cc2)CC1. The van der Waals surface area contributed by atoms with Gasteiger partial charge in [-0.25, -0.2) is 8.42 Å². The molecule has 0 bridgehead atoms. The van der Waals surface area contributed by atoms with E-state index in [4.69, 9.17) is 5.73 Å². The fourth-order valence-electron chi connectivity index (χ4n) is 3.28. The molecule has 1 heterocycles. The van der Waals surface area contributed by atoms with Gasteiger partial charge in [-0.2, -0.15) is 4.31 Å². The molecule has 0 spiro atoms. The number of piperazine rings is 1. The van der Waals surface area contributed by atoms with Crippen LogP contribution in [0.3, 0.4) is 0 Å². The van der Waals surface area contributed by atoms with Gasteiger partial charge in [0.15, 0.2) is 0 Å². The topological polar surface area (TPSA) is 122 Å². The lowest BCUT2D eigenvalue weighted by molar-refractivity contribution is -0.122. The van der Waals surface area contributed by atoms with Crippen LogP contribution in [0.4, 0.5) is 0 Å². The van der Waals surface area contributed by atoms with Crippen LogP contribution in [-0.4, -0.2) is 56.3 Å². The molecule has 0 unspecified atom stereocenters. The summed E-state index contributed by atoms with van der Waals surface area (Å²) < 4.78 is 26.3. The number of sulfonamides is 1. The summed E-state index contributed by atoms with van der Waals surface area (Å²) in [4.78, 5) is 23.8. The van der Waals surface area contributed by atoms with Gasteiger partial charge in [0.2, 0.25) is 15.9 Å². The van der Waals surface area contributed by atoms with Crippen molar-refractivity contribution >= 4 is 34.2 Å². The average Bonchev–Trinajstić information content (AvgIpc) is 2.64. The molecule has 10 heteroatoms. The quantitative estimate of drug-likeness (QED) is 0.648. The van der Waals surface area contributed by atoms with Gasteiger partial charge in [0.25, 0.3) is 5.91 Å². The molecule has 1 aromatic carbocycles. The van der Waals surface area contributed by atoms with Crippen molar-refractivity contribution < 1.29 is 18.0 Å². The van der Waals surface area contributed by atoms with Gasteiger partial charge in [0, 0.05) is 30.7 Å². The first-order valence-electron chi connectivity index (χ1n) is 8.79. The Morgan fingerprint density at radius 2 is 1.78 bits per heavy atom. The second-order valence-electron chi connectivity index (χ2n) is 6.80. The van der Waals surface area contributed by atoms with Crippen molar-refractivity contribution in [3.8, 4) is 0 Å². The van der Waals surface area contributed by atoms with E-state index in [0.717, 1.165) is 30.0 Å². The van der Waals surface area contributed by atoms with E-state index in [0.29, 0.717) is 12.1 Å². The molecule has 2 amide bonds. The highest BCUT2D eigenvalue weighted by Crippen LogP contribution is 2.19. The van der Waals surface area contributed by atoms with E-state index in [2.05, 4.69) is 10.6 Å². The lowest BCUT2D eigenvalue weighted by atomic mass is 9.91. The lowest BCUT2D eigenvalue weighted by Gasteiger charge is -2.27. The first-order valence-corrected chi connectivity index (χ1v) is 10.2. The normalized spacial score (nSPS) is 23.8. The Bertz CT molecular complexity index is 777. The van der Waals surface area contributed by atoms with Crippen LogP contribution >= 0.6 is 12.4 Å². The minimum atomic E-state index is -3.74. The molecule has 27 heavy (non-hydrogen) atoms. The lowest BCUT2D eigenvalue weighted by Crippen LogP contribution is -2.49. The van der Waals surface area contributed by atoms with Gasteiger partial charge in [0.05, 0.1) is 11.4 Å². The third-order valence-corrected chi connectivity index (χ3v) is 6.72. The molecule has 2 aliphatic rings. The van der Waals surface area contributed by atoms with E-state index >= 15 is 0 Å². The first-order chi connectivity index (χ1) is 12.4. The number of amides is 2. The molecule has 1 saturated carbocycles. The molecule has 0 atom stereocenters. The van der Waals surface area contributed by atoms with Gasteiger partial charge in [-0.3, -0.25) is 9.59 Å². The highest BCUT2D eigenvalue weighted by molar-refractivity contribution is 7.89. The average molecular weight is 417 g/mol. The van der Waals surface area contributed by atoms with Crippen LogP contribution in [-0.2, 0) is 14.8 Å². The van der Waals surface area contributed by atoms with Crippen LogP contribution in [0.25, 0.3) is 0 Å². The number of carbonyl (C=O) groups is 2. The maximum atomic E-state index is 12.6. The van der Waals surface area contributed by atoms with Gasteiger partial charge in [0.1, 0.15) is 0 Å². The standard InChI is InChI=1S/C17H24N4O4S.ClH/c18-13-3-5-14(6-4-13)20-17(23)12-1-7-15(8-2-12)26(24,25)21-10-9-19-16(22)11-21;/h1-2,7-8,13-14H,3-6,9-11,18H2,(H,19,22)(H,20,23);1H. The third kappa shape index (κ3) is 5.19. The number of hydrogen-bond acceptors (Lipinski definition) is 5. The van der Waals surface area contributed by atoms with Crippen LogP contribution < -0.4 is 16.4 Å². The Hall–Kier alpha value is -1.68. The first kappa shape index (κ1) is 21.6. The summed E-state index contributed by atoms with van der Waals surface area (Å²) in [6.45, 7) is 0.345. The highest BCUT2D eigenvalue weighted by Gasteiger charge is 2.29. The zero-order valence-corrected chi connectivity index (χ0v) is 16.5. The minimum Gasteiger partial charge on any atom is -0.354 e. The Morgan fingerprint density at radius 3 is 2.37 bits per heavy atom. The van der Waals surface area contributed by atoms with Crippen LogP contribution in [0.15, 0.2) is 29.2 Å². The number of hydrogen-bond donors (Lipinski definition) is 3. The van der Waals surface area contributed by atoms with Crippen molar-refractivity contribution in [2.75, 3.05) is 19.6 Å². The van der Waals surface area contributed by atoms with Crippen molar-refractivity contribution in [2.24, 2.45) is 5.73 Å². The van der Waals surface area contributed by atoms with E-state index in [-0.39, 0.29) is 54.3 Å². The van der Waals surface area contributed by atoms with Gasteiger partial charge < -0.3 is 16.4 Å². The zero-order chi connectivity index (χ0) is 18.7. The third-order valence-electron chi connectivity index (χ3n) is 4.86. The summed E-state index contributed by atoms with van der Waals surface area (Å²) in [5, 5.41) is 5.57. The molecular weight excluding hydrogens is 392 g/mol. The Kier molecular flexibility index (Phi) is 7.21. The number of rotatable bonds is 4. The number of carbonyl (C=O) groups excluding carboxylic acids is 2. The molecule has 0 aromatic heterocycles. The number of nitrogens with two attached hydrogens (primary N) is 1. The van der Waals surface area contributed by atoms with Crippen molar-refractivity contribution in [1.29, 1.82) is 0 Å². The largest absolute Gasteiger partial charge is 0.354 e. The summed E-state index contributed by atoms with van der Waals surface area (Å²) in [6, 6.07) is 6.14. The molecule has 150 valence electrons. The molecule has 1 aromatic rings. The second kappa shape index (κ2) is 9.01. The summed E-state index contributed by atoms with van der Waals surface area (Å²) >= 11 is 0. The molecular formula is C17H25ClN4O4S. The smallest absolute Gasteiger partial charge is 0.251 e. The van der Waals surface area contributed by atoms with Gasteiger partial charge in [-0.05, 0) is 49.9 Å². The Morgan fingerprint density at radius 1 is 1.15 bits per heavy atom. The summed E-state index contributed by atoms with van der Waals surface area (Å²) in [5.74, 6) is -0.533. The Balaban J connectivity index is 0.00000261. The number of halogens is 1. The Labute approximate surface area is 165 Å². The molecule has 3 rings (SSSR count). The summed E-state index contributed by atoms with van der Waals surface area (Å²) in [6.07, 6.45) is 3.50. The van der Waals surface area contributed by atoms with E-state index in [1.54, 1.807) is 0 Å². The van der Waals surface area contributed by atoms with Crippen molar-refractivity contribution in [2.45, 2.75) is 42.7 Å². The zero-order valence-electron chi connectivity index (χ0n) is 14.9. The predicted molar refractivity (Wildman–Crippen MR) is 103 cm³/mol. The minimum absolute atomic E-state index is 0. The van der Waals surface area contributed by atoms with Crippen LogP contribution in [0.2, 0.25) is 0 Å². The molecule has 2 fully saturated rings. The van der Waals surface area contributed by atoms with E-state index < -0.39 is 10.0 Å². The van der Waals surface area contributed by atoms with E-state index in [9.17, 15) is 18.0 Å². The molecule has 0 radical (unpaired) electrons. The number of nitrogens with zero attached hydrogens (tertiary/aromatic N) is 1. The van der Waals surface area contributed by atoms with Crippen LogP contribution in [0.1, 0.15) is 36.0 Å². The van der Waals surface area contributed by atoms with Crippen molar-refractivity contribution in [3.05, 3.63) is 29.8 Å². The second-order valence-corrected chi connectivity index (χ2v) is 8.74. The van der Waals surface area contributed by atoms with Crippen molar-refractivity contribution in [1.82, 2.24) is 14.9 Å². The molecule has 1 saturated heterocycles. The molecule has 8 nitrogen and oxygen atoms in total. The maximum Gasteiger partial charge on any atom is 0.251 e. The maximum absolute atomic E-state index is 12.6. The molecule has 4 N–H and O–H groups in total. The van der Waals surface area contributed by atoms with Crippen molar-refractivity contribution in [3.63, 3.8) is 0 Å². The van der Waals surface area contributed by atoms with Gasteiger partial charge in [-0.1, -0.05) is 0 Å². The molecule has 1 aliphatic heterocycles. The van der Waals surface area contributed by atoms with E-state index in [1.807, 2.05) is 0 Å². The molecule has 1 aliphatic carbocycles. The fourth-order valence-corrected chi connectivity index (χ4v) is 4.68. The summed E-state index contributed by atoms with van der Waals surface area (Å²) in [5.41, 5.74) is 6.28. The number of nitrogens with one attached hydrogen (secondary N) is 2. The summed E-state index contributed by atoms with van der Waals surface area (Å²) in [7, 11) is -3.74. The highest BCUT2D eigenvalue weighted by atomic mass is 35.5. The van der Waals surface area contributed by atoms with Gasteiger partial charge in [-0.15, -0.1) is 12.4 Å². The fraction of sp³-hybridized carbons (Fsp3) is 0.529. The number of benzene rings is 1. The predicted octanol–water partition coefficient (Wildman–Crippen LogP) is 0.229. The van der Waals surface area contributed by atoms with Crippen LogP contribution in [0, 0.1) is 0 Å². The monoisotopic (exact) mass is 416 g/mol. The van der Waals surface area contributed by atoms with Gasteiger partial charge >= 0.3 is 0 Å². The van der Waals surface area contributed by atoms with Crippen LogP contribution in [0.5, 0.6) is 0 Å². The van der Waals surface area contributed by atoms with E-state index in [1.165, 1.54) is 24.3 Å².